The first-order valence-electron chi connectivity index (χ1n) is 7.48. The standard InChI is InChI=1S/C18H24N2O2/c1-13-9-14(2)11-15(10-13)12-19-8-7-16-17(21-3)5-6-18(20-16)22-4/h5-6,9-11,19H,7-8,12H2,1-4H3. The van der Waals surface area contributed by atoms with E-state index in [4.69, 9.17) is 9.47 Å². The minimum atomic E-state index is 0.616. The Morgan fingerprint density at radius 3 is 2.36 bits per heavy atom. The highest BCUT2D eigenvalue weighted by molar-refractivity contribution is 5.32. The van der Waals surface area contributed by atoms with Gasteiger partial charge >= 0.3 is 0 Å². The van der Waals surface area contributed by atoms with E-state index in [1.54, 1.807) is 14.2 Å². The molecule has 118 valence electrons. The quantitative estimate of drug-likeness (QED) is 0.798. The molecule has 4 nitrogen and oxygen atoms in total. The van der Waals surface area contributed by atoms with Crippen molar-refractivity contribution in [2.24, 2.45) is 0 Å². The maximum absolute atomic E-state index is 5.35. The van der Waals surface area contributed by atoms with Crippen LogP contribution in [0, 0.1) is 13.8 Å². The van der Waals surface area contributed by atoms with Gasteiger partial charge in [-0.05, 0) is 25.5 Å². The molecule has 0 aliphatic heterocycles. The lowest BCUT2D eigenvalue weighted by molar-refractivity contribution is 0.381. The van der Waals surface area contributed by atoms with Crippen molar-refractivity contribution in [2.45, 2.75) is 26.8 Å². The fraction of sp³-hybridized carbons (Fsp3) is 0.389. The molecule has 0 atom stereocenters. The summed E-state index contributed by atoms with van der Waals surface area (Å²) in [6, 6.07) is 10.3. The summed E-state index contributed by atoms with van der Waals surface area (Å²) in [6.45, 7) is 5.95. The predicted octanol–water partition coefficient (Wildman–Crippen LogP) is 3.05. The molecule has 0 radical (unpaired) electrons. The number of rotatable bonds is 7. The molecule has 1 aromatic carbocycles. The average molecular weight is 300 g/mol. The first-order chi connectivity index (χ1) is 10.6. The first-order valence-corrected chi connectivity index (χ1v) is 7.48. The summed E-state index contributed by atoms with van der Waals surface area (Å²) < 4.78 is 10.5. The highest BCUT2D eigenvalue weighted by Gasteiger charge is 2.06. The summed E-state index contributed by atoms with van der Waals surface area (Å²) in [5, 5.41) is 3.46. The Kier molecular flexibility index (Phi) is 5.78. The number of methoxy groups -OCH3 is 2. The third-order valence-electron chi connectivity index (χ3n) is 3.49. The van der Waals surface area contributed by atoms with Gasteiger partial charge in [-0.2, -0.15) is 0 Å². The zero-order chi connectivity index (χ0) is 15.9. The van der Waals surface area contributed by atoms with E-state index in [-0.39, 0.29) is 0 Å². The molecule has 0 aliphatic carbocycles. The van der Waals surface area contributed by atoms with E-state index in [9.17, 15) is 0 Å². The topological polar surface area (TPSA) is 43.4 Å². The van der Waals surface area contributed by atoms with E-state index in [1.807, 2.05) is 12.1 Å². The van der Waals surface area contributed by atoms with Crippen LogP contribution in [0.5, 0.6) is 11.6 Å². The largest absolute Gasteiger partial charge is 0.495 e. The second-order valence-electron chi connectivity index (χ2n) is 5.43. The Morgan fingerprint density at radius 1 is 1.00 bits per heavy atom. The van der Waals surface area contributed by atoms with Crippen molar-refractivity contribution in [3.63, 3.8) is 0 Å². The van der Waals surface area contributed by atoms with Crippen LogP contribution in [0.25, 0.3) is 0 Å². The molecule has 1 aromatic heterocycles. The predicted molar refractivity (Wildman–Crippen MR) is 88.7 cm³/mol. The van der Waals surface area contributed by atoms with Crippen molar-refractivity contribution < 1.29 is 9.47 Å². The van der Waals surface area contributed by atoms with Crippen LogP contribution in [0.1, 0.15) is 22.4 Å². The molecule has 0 unspecified atom stereocenters. The van der Waals surface area contributed by atoms with Gasteiger partial charge < -0.3 is 14.8 Å². The van der Waals surface area contributed by atoms with Crippen molar-refractivity contribution in [3.05, 3.63) is 52.7 Å². The first kappa shape index (κ1) is 16.3. The summed E-state index contributed by atoms with van der Waals surface area (Å²) in [4.78, 5) is 4.45. The van der Waals surface area contributed by atoms with Gasteiger partial charge in [-0.3, -0.25) is 0 Å². The molecule has 0 saturated carbocycles. The Bertz CT molecular complexity index is 606. The highest BCUT2D eigenvalue weighted by atomic mass is 16.5. The minimum Gasteiger partial charge on any atom is -0.495 e. The van der Waals surface area contributed by atoms with Gasteiger partial charge in [0.05, 0.1) is 19.9 Å². The van der Waals surface area contributed by atoms with Crippen molar-refractivity contribution in [1.29, 1.82) is 0 Å². The molecular weight excluding hydrogens is 276 g/mol. The smallest absolute Gasteiger partial charge is 0.213 e. The van der Waals surface area contributed by atoms with Gasteiger partial charge in [0, 0.05) is 25.6 Å². The summed E-state index contributed by atoms with van der Waals surface area (Å²) in [6.07, 6.45) is 0.797. The van der Waals surface area contributed by atoms with E-state index >= 15 is 0 Å². The van der Waals surface area contributed by atoms with E-state index in [0.29, 0.717) is 5.88 Å². The fourth-order valence-electron chi connectivity index (χ4n) is 2.56. The van der Waals surface area contributed by atoms with Gasteiger partial charge in [0.25, 0.3) is 0 Å². The molecule has 22 heavy (non-hydrogen) atoms. The Hall–Kier alpha value is -2.07. The van der Waals surface area contributed by atoms with Gasteiger partial charge in [0.2, 0.25) is 5.88 Å². The number of aryl methyl sites for hydroxylation is 2. The number of nitrogens with one attached hydrogen (secondary N) is 1. The average Bonchev–Trinajstić information content (AvgIpc) is 2.50. The van der Waals surface area contributed by atoms with Crippen LogP contribution in [0.2, 0.25) is 0 Å². The van der Waals surface area contributed by atoms with Crippen molar-refractivity contribution in [3.8, 4) is 11.6 Å². The molecule has 0 aliphatic rings. The van der Waals surface area contributed by atoms with E-state index < -0.39 is 0 Å². The van der Waals surface area contributed by atoms with Crippen molar-refractivity contribution in [1.82, 2.24) is 10.3 Å². The van der Waals surface area contributed by atoms with Gasteiger partial charge in [-0.1, -0.05) is 29.3 Å². The van der Waals surface area contributed by atoms with Crippen LogP contribution in [-0.4, -0.2) is 25.7 Å². The van der Waals surface area contributed by atoms with Crippen molar-refractivity contribution in [2.75, 3.05) is 20.8 Å². The number of ether oxygens (including phenoxy) is 2. The van der Waals surface area contributed by atoms with E-state index in [0.717, 1.165) is 31.0 Å². The van der Waals surface area contributed by atoms with Crippen LogP contribution in [0.4, 0.5) is 0 Å². The Morgan fingerprint density at radius 2 is 1.73 bits per heavy atom. The molecule has 0 amide bonds. The number of benzene rings is 1. The number of hydrogen-bond acceptors (Lipinski definition) is 4. The lowest BCUT2D eigenvalue weighted by Gasteiger charge is -2.10. The molecule has 1 N–H and O–H groups in total. The third-order valence-corrected chi connectivity index (χ3v) is 3.49. The second-order valence-corrected chi connectivity index (χ2v) is 5.43. The number of nitrogens with zero attached hydrogens (tertiary/aromatic N) is 1. The summed E-state index contributed by atoms with van der Waals surface area (Å²) in [7, 11) is 3.28. The Balaban J connectivity index is 1.90. The maximum Gasteiger partial charge on any atom is 0.213 e. The van der Waals surface area contributed by atoms with Crippen LogP contribution >= 0.6 is 0 Å². The minimum absolute atomic E-state index is 0.616. The van der Waals surface area contributed by atoms with Crippen LogP contribution in [0.3, 0.4) is 0 Å². The molecule has 4 heteroatoms. The fourth-order valence-corrected chi connectivity index (χ4v) is 2.56. The number of hydrogen-bond donors (Lipinski definition) is 1. The molecule has 0 fully saturated rings. The summed E-state index contributed by atoms with van der Waals surface area (Å²) in [5.74, 6) is 1.42. The molecule has 1 heterocycles. The van der Waals surface area contributed by atoms with E-state index in [2.05, 4.69) is 42.3 Å². The number of pyridine rings is 1. The SMILES string of the molecule is COc1ccc(OC)c(CCNCc2cc(C)cc(C)c2)n1. The van der Waals surface area contributed by atoms with Crippen LogP contribution < -0.4 is 14.8 Å². The van der Waals surface area contributed by atoms with Gasteiger partial charge in [-0.25, -0.2) is 4.98 Å². The molecular formula is C18H24N2O2. The van der Waals surface area contributed by atoms with Gasteiger partial charge in [0.1, 0.15) is 5.75 Å². The van der Waals surface area contributed by atoms with Crippen LogP contribution in [0.15, 0.2) is 30.3 Å². The molecule has 0 spiro atoms. The number of aromatic nitrogens is 1. The molecule has 2 aromatic rings. The molecule has 0 saturated heterocycles. The second kappa shape index (κ2) is 7.80. The monoisotopic (exact) mass is 300 g/mol. The maximum atomic E-state index is 5.35. The third kappa shape index (κ3) is 4.46. The van der Waals surface area contributed by atoms with E-state index in [1.165, 1.54) is 16.7 Å². The normalized spacial score (nSPS) is 10.5. The lowest BCUT2D eigenvalue weighted by Crippen LogP contribution is -2.17. The molecule has 2 rings (SSSR count). The van der Waals surface area contributed by atoms with Gasteiger partial charge in [0.15, 0.2) is 0 Å². The highest BCUT2D eigenvalue weighted by Crippen LogP contribution is 2.20. The Labute approximate surface area is 132 Å². The van der Waals surface area contributed by atoms with Crippen molar-refractivity contribution >= 4 is 0 Å². The van der Waals surface area contributed by atoms with Gasteiger partial charge in [-0.15, -0.1) is 0 Å². The molecule has 0 bridgehead atoms. The summed E-state index contributed by atoms with van der Waals surface area (Å²) in [5.41, 5.74) is 4.82. The summed E-state index contributed by atoms with van der Waals surface area (Å²) >= 11 is 0. The zero-order valence-electron chi connectivity index (χ0n) is 13.8. The van der Waals surface area contributed by atoms with Crippen LogP contribution in [-0.2, 0) is 13.0 Å². The lowest BCUT2D eigenvalue weighted by atomic mass is 10.1. The zero-order valence-corrected chi connectivity index (χ0v) is 13.8.